The fourth-order valence-electron chi connectivity index (χ4n) is 4.21. The topological polar surface area (TPSA) is 85.8 Å². The van der Waals surface area contributed by atoms with Gasteiger partial charge in [-0.2, -0.15) is 0 Å². The van der Waals surface area contributed by atoms with Crippen LogP contribution in [0.2, 0.25) is 0 Å². The number of hydrogen-bond acceptors (Lipinski definition) is 8. The van der Waals surface area contributed by atoms with Gasteiger partial charge < -0.3 is 19.5 Å². The summed E-state index contributed by atoms with van der Waals surface area (Å²) < 4.78 is 70.1. The number of nitrogens with one attached hydrogen (secondary N) is 1. The first-order valence-electron chi connectivity index (χ1n) is 10.6. The monoisotopic (exact) mass is 512 g/mol. The zero-order valence-corrected chi connectivity index (χ0v) is 19.4. The second-order valence-electron chi connectivity index (χ2n) is 8.44. The number of halogens is 4. The minimum absolute atomic E-state index is 0.132. The van der Waals surface area contributed by atoms with Gasteiger partial charge >= 0.3 is 6.29 Å². The van der Waals surface area contributed by atoms with E-state index < -0.39 is 36.6 Å². The van der Waals surface area contributed by atoms with E-state index in [-0.39, 0.29) is 29.6 Å². The van der Waals surface area contributed by atoms with E-state index in [1.165, 1.54) is 30.3 Å². The summed E-state index contributed by atoms with van der Waals surface area (Å²) in [4.78, 5) is 22.7. The number of likely N-dealkylation sites (tertiary alicyclic amines) is 1. The predicted molar refractivity (Wildman–Crippen MR) is 119 cm³/mol. The van der Waals surface area contributed by atoms with E-state index in [0.29, 0.717) is 21.7 Å². The smallest absolute Gasteiger partial charge is 0.481 e. The van der Waals surface area contributed by atoms with Crippen molar-refractivity contribution in [2.24, 2.45) is 0 Å². The number of anilines is 1. The number of carbonyl (C=O) groups is 1. The zero-order valence-electron chi connectivity index (χ0n) is 18.6. The third kappa shape index (κ3) is 4.82. The molecular formula is C22H20F4N4O4S. The molecule has 1 amide bonds. The Kier molecular flexibility index (Phi) is 5.71. The molecule has 186 valence electrons. The molecule has 5 rings (SSSR count). The van der Waals surface area contributed by atoms with Gasteiger partial charge in [-0.25, -0.2) is 18.7 Å². The number of rotatable bonds is 5. The summed E-state index contributed by atoms with van der Waals surface area (Å²) in [7, 11) is 1.47. The maximum atomic E-state index is 14.6. The molecule has 2 aliphatic heterocycles. The lowest BCUT2D eigenvalue weighted by molar-refractivity contribution is -0.286. The Morgan fingerprint density at radius 1 is 1.26 bits per heavy atom. The van der Waals surface area contributed by atoms with E-state index in [0.717, 1.165) is 11.3 Å². The molecule has 0 spiro atoms. The molecule has 2 atom stereocenters. The fraction of sp³-hybridized carbons (Fsp3) is 0.409. The van der Waals surface area contributed by atoms with E-state index in [1.54, 1.807) is 19.1 Å². The SMILES string of the molecule is COc1ccc([C@H]2CN([C@@H](C)C(=O)Nc3nc4cc5c(cc4s3)OC(F)(F)O5)CC(F)(F)C2)cn1. The first-order chi connectivity index (χ1) is 16.5. The molecule has 0 aliphatic carbocycles. The van der Waals surface area contributed by atoms with E-state index in [1.807, 2.05) is 0 Å². The van der Waals surface area contributed by atoms with Gasteiger partial charge in [-0.05, 0) is 12.5 Å². The third-order valence-corrected chi connectivity index (χ3v) is 6.88. The highest BCUT2D eigenvalue weighted by Crippen LogP contribution is 2.45. The second-order valence-corrected chi connectivity index (χ2v) is 9.47. The van der Waals surface area contributed by atoms with Crippen LogP contribution in [-0.2, 0) is 4.79 Å². The highest BCUT2D eigenvalue weighted by molar-refractivity contribution is 7.22. The van der Waals surface area contributed by atoms with Crippen molar-refractivity contribution in [3.63, 3.8) is 0 Å². The van der Waals surface area contributed by atoms with Crippen molar-refractivity contribution in [3.05, 3.63) is 36.0 Å². The molecule has 1 fully saturated rings. The van der Waals surface area contributed by atoms with E-state index in [2.05, 4.69) is 24.8 Å². The van der Waals surface area contributed by atoms with Gasteiger partial charge in [0.2, 0.25) is 11.8 Å². The van der Waals surface area contributed by atoms with Crippen LogP contribution < -0.4 is 19.5 Å². The molecule has 0 saturated carbocycles. The number of alkyl halides is 4. The number of carbonyl (C=O) groups excluding carboxylic acids is 1. The Balaban J connectivity index is 1.30. The van der Waals surface area contributed by atoms with Gasteiger partial charge in [-0.1, -0.05) is 17.4 Å². The molecule has 0 radical (unpaired) electrons. The molecule has 2 aliphatic rings. The fourth-order valence-corrected chi connectivity index (χ4v) is 5.09. The molecule has 8 nitrogen and oxygen atoms in total. The Hall–Kier alpha value is -3.19. The summed E-state index contributed by atoms with van der Waals surface area (Å²) in [5.74, 6) is -3.93. The predicted octanol–water partition coefficient (Wildman–Crippen LogP) is 4.47. The number of fused-ring (bicyclic) bond motifs is 2. The van der Waals surface area contributed by atoms with Crippen LogP contribution in [0.4, 0.5) is 22.7 Å². The first-order valence-corrected chi connectivity index (χ1v) is 11.5. The molecule has 0 unspecified atom stereocenters. The standard InChI is InChI=1S/C22H20F4N4O4S/c1-11(30-9-13(7-21(23,24)10-30)12-3-4-18(32-2)27-8-12)19(31)29-20-28-14-5-15-16(6-17(14)35-20)34-22(25,26)33-15/h3-6,8,11,13H,7,9-10H2,1-2H3,(H,28,29,31)/t11-,13+/m0/s1. The van der Waals surface area contributed by atoms with Crippen molar-refractivity contribution in [1.29, 1.82) is 0 Å². The van der Waals surface area contributed by atoms with E-state index in [4.69, 9.17) is 4.74 Å². The number of hydrogen-bond donors (Lipinski definition) is 1. The van der Waals surface area contributed by atoms with Crippen molar-refractivity contribution >= 4 is 32.6 Å². The van der Waals surface area contributed by atoms with Crippen molar-refractivity contribution in [1.82, 2.24) is 14.9 Å². The van der Waals surface area contributed by atoms with Crippen molar-refractivity contribution in [2.75, 3.05) is 25.5 Å². The number of thiazole rings is 1. The lowest BCUT2D eigenvalue weighted by Gasteiger charge is -2.40. The molecule has 1 saturated heterocycles. The number of ether oxygens (including phenoxy) is 3. The quantitative estimate of drug-likeness (QED) is 0.505. The van der Waals surface area contributed by atoms with Crippen LogP contribution in [-0.4, -0.2) is 59.2 Å². The number of methoxy groups -OCH3 is 1. The zero-order chi connectivity index (χ0) is 25.0. The molecule has 3 aromatic rings. The minimum Gasteiger partial charge on any atom is -0.481 e. The van der Waals surface area contributed by atoms with Gasteiger partial charge in [0.1, 0.15) is 0 Å². The minimum atomic E-state index is -3.74. The molecule has 0 bridgehead atoms. The Labute approximate surface area is 200 Å². The van der Waals surface area contributed by atoms with Gasteiger partial charge in [0.15, 0.2) is 16.6 Å². The molecular weight excluding hydrogens is 492 g/mol. The van der Waals surface area contributed by atoms with Crippen molar-refractivity contribution in [3.8, 4) is 17.4 Å². The summed E-state index contributed by atoms with van der Waals surface area (Å²) in [6, 6.07) is 5.07. The van der Waals surface area contributed by atoms with Crippen LogP contribution in [0.25, 0.3) is 10.2 Å². The van der Waals surface area contributed by atoms with Crippen LogP contribution in [0.1, 0.15) is 24.8 Å². The highest BCUT2D eigenvalue weighted by Gasteiger charge is 2.44. The summed E-state index contributed by atoms with van der Waals surface area (Å²) in [5.41, 5.74) is 0.964. The lowest BCUT2D eigenvalue weighted by Crippen LogP contribution is -2.53. The van der Waals surface area contributed by atoms with Crippen molar-refractivity contribution in [2.45, 2.75) is 37.5 Å². The largest absolute Gasteiger partial charge is 0.586 e. The second kappa shape index (κ2) is 8.48. The van der Waals surface area contributed by atoms with Crippen molar-refractivity contribution < 1.29 is 36.6 Å². The van der Waals surface area contributed by atoms with Crippen LogP contribution >= 0.6 is 11.3 Å². The maximum Gasteiger partial charge on any atom is 0.586 e. The number of aromatic nitrogens is 2. The maximum absolute atomic E-state index is 14.6. The molecule has 4 heterocycles. The van der Waals surface area contributed by atoms with Gasteiger partial charge in [0.05, 0.1) is 29.9 Å². The number of benzene rings is 1. The third-order valence-electron chi connectivity index (χ3n) is 5.94. The Bertz CT molecular complexity index is 1230. The van der Waals surface area contributed by atoms with Gasteiger partial charge in [-0.3, -0.25) is 9.69 Å². The van der Waals surface area contributed by atoms with Gasteiger partial charge in [0, 0.05) is 43.3 Å². The Morgan fingerprint density at radius 3 is 2.69 bits per heavy atom. The van der Waals surface area contributed by atoms with Crippen LogP contribution in [0.3, 0.4) is 0 Å². The summed E-state index contributed by atoms with van der Waals surface area (Å²) in [6.07, 6.45) is -2.58. The number of piperidine rings is 1. The molecule has 1 aromatic carbocycles. The van der Waals surface area contributed by atoms with Gasteiger partial charge in [-0.15, -0.1) is 8.78 Å². The Morgan fingerprint density at radius 2 is 2.00 bits per heavy atom. The highest BCUT2D eigenvalue weighted by atomic mass is 32.1. The molecule has 1 N–H and O–H groups in total. The molecule has 13 heteroatoms. The lowest BCUT2D eigenvalue weighted by atomic mass is 9.88. The summed E-state index contributed by atoms with van der Waals surface area (Å²) >= 11 is 1.05. The van der Waals surface area contributed by atoms with Crippen LogP contribution in [0, 0.1) is 0 Å². The summed E-state index contributed by atoms with van der Waals surface area (Å²) in [5, 5.41) is 2.84. The van der Waals surface area contributed by atoms with Crippen LogP contribution in [0.15, 0.2) is 30.5 Å². The number of pyridine rings is 1. The average molecular weight is 512 g/mol. The number of nitrogens with zero attached hydrogens (tertiary/aromatic N) is 3. The van der Waals surface area contributed by atoms with E-state index in [9.17, 15) is 22.4 Å². The summed E-state index contributed by atoms with van der Waals surface area (Å²) in [6.45, 7) is 1.23. The number of amides is 1. The molecule has 2 aromatic heterocycles. The van der Waals surface area contributed by atoms with E-state index >= 15 is 0 Å². The first kappa shape index (κ1) is 23.5. The van der Waals surface area contributed by atoms with Gasteiger partial charge in [0.25, 0.3) is 5.92 Å². The average Bonchev–Trinajstić information content (AvgIpc) is 3.32. The normalized spacial score (nSPS) is 21.6. The molecule has 35 heavy (non-hydrogen) atoms. The van der Waals surface area contributed by atoms with Crippen LogP contribution in [0.5, 0.6) is 17.4 Å².